The lowest BCUT2D eigenvalue weighted by Gasteiger charge is -2.16. The molecule has 0 radical (unpaired) electrons. The second-order valence-electron chi connectivity index (χ2n) is 5.11. The van der Waals surface area contributed by atoms with Crippen LogP contribution in [0.5, 0.6) is 5.75 Å². The van der Waals surface area contributed by atoms with Crippen LogP contribution in [0, 0.1) is 0 Å². The van der Waals surface area contributed by atoms with Gasteiger partial charge in [0.25, 0.3) is 0 Å². The fourth-order valence-electron chi connectivity index (χ4n) is 2.11. The van der Waals surface area contributed by atoms with E-state index < -0.39 is 0 Å². The Morgan fingerprint density at radius 1 is 1.32 bits per heavy atom. The van der Waals surface area contributed by atoms with Crippen molar-refractivity contribution < 1.29 is 14.3 Å². The third-order valence-electron chi connectivity index (χ3n) is 3.30. The van der Waals surface area contributed by atoms with Gasteiger partial charge in [0.15, 0.2) is 4.34 Å². The Balaban J connectivity index is 1.80. The van der Waals surface area contributed by atoms with Gasteiger partial charge >= 0.3 is 0 Å². The maximum Gasteiger partial charge on any atom is 0.230 e. The lowest BCUT2D eigenvalue weighted by atomic mass is 10.1. The van der Waals surface area contributed by atoms with E-state index in [0.717, 1.165) is 20.8 Å². The topological polar surface area (TPSA) is 85.4 Å². The van der Waals surface area contributed by atoms with Crippen molar-refractivity contribution in [1.29, 1.82) is 0 Å². The van der Waals surface area contributed by atoms with Crippen LogP contribution in [0.2, 0.25) is 0 Å². The molecule has 1 aromatic carbocycles. The van der Waals surface area contributed by atoms with Crippen LogP contribution < -0.4 is 15.4 Å². The zero-order valence-corrected chi connectivity index (χ0v) is 16.1. The number of aromatic nitrogens is 2. The van der Waals surface area contributed by atoms with Crippen molar-refractivity contribution in [2.75, 3.05) is 38.4 Å². The van der Waals surface area contributed by atoms with Crippen LogP contribution in [0.3, 0.4) is 0 Å². The van der Waals surface area contributed by atoms with E-state index in [-0.39, 0.29) is 17.7 Å². The van der Waals surface area contributed by atoms with Crippen molar-refractivity contribution >= 4 is 34.1 Å². The molecule has 1 heterocycles. The van der Waals surface area contributed by atoms with Crippen molar-refractivity contribution in [2.24, 2.45) is 0 Å². The summed E-state index contributed by atoms with van der Waals surface area (Å²) < 4.78 is 11.0. The van der Waals surface area contributed by atoms with Gasteiger partial charge in [-0.2, -0.15) is 0 Å². The minimum atomic E-state index is -0.134. The monoisotopic (exact) mass is 382 g/mol. The molecule has 0 saturated carbocycles. The normalized spacial score (nSPS) is 11.8. The molecule has 2 aromatic rings. The minimum absolute atomic E-state index is 0.0625. The number of anilines is 1. The van der Waals surface area contributed by atoms with Gasteiger partial charge in [0.2, 0.25) is 11.0 Å². The van der Waals surface area contributed by atoms with Gasteiger partial charge in [-0.25, -0.2) is 0 Å². The Morgan fingerprint density at radius 2 is 2.12 bits per heavy atom. The maximum atomic E-state index is 12.2. The average Bonchev–Trinajstić information content (AvgIpc) is 3.08. The van der Waals surface area contributed by atoms with E-state index in [9.17, 15) is 4.79 Å². The Morgan fingerprint density at radius 3 is 2.88 bits per heavy atom. The number of thioether (sulfide) groups is 1. The molecule has 0 bridgehead atoms. The van der Waals surface area contributed by atoms with E-state index in [4.69, 9.17) is 9.47 Å². The Hall–Kier alpha value is -1.84. The first-order chi connectivity index (χ1) is 12.1. The van der Waals surface area contributed by atoms with Crippen LogP contribution in [0.4, 0.5) is 5.13 Å². The van der Waals surface area contributed by atoms with Crippen molar-refractivity contribution in [3.8, 4) is 5.75 Å². The predicted molar refractivity (Wildman–Crippen MR) is 101 cm³/mol. The number of benzene rings is 1. The first-order valence-corrected chi connectivity index (χ1v) is 9.55. The number of carbonyl (C=O) groups excluding carboxylic acids is 1. The summed E-state index contributed by atoms with van der Waals surface area (Å²) in [6.07, 6.45) is 0. The van der Waals surface area contributed by atoms with Crippen LogP contribution in [0.25, 0.3) is 0 Å². The molecular formula is C16H22N4O3S2. The summed E-state index contributed by atoms with van der Waals surface area (Å²) >= 11 is 2.79. The molecule has 9 heteroatoms. The third kappa shape index (κ3) is 6.18. The smallest absolute Gasteiger partial charge is 0.230 e. The van der Waals surface area contributed by atoms with E-state index in [0.29, 0.717) is 13.2 Å². The van der Waals surface area contributed by atoms with Crippen molar-refractivity contribution in [1.82, 2.24) is 15.5 Å². The van der Waals surface area contributed by atoms with E-state index >= 15 is 0 Å². The quantitative estimate of drug-likeness (QED) is 0.482. The third-order valence-corrected chi connectivity index (χ3v) is 5.31. The largest absolute Gasteiger partial charge is 0.496 e. The van der Waals surface area contributed by atoms with Gasteiger partial charge in [-0.15, -0.1) is 10.2 Å². The molecule has 1 amide bonds. The molecule has 136 valence electrons. The molecule has 7 nitrogen and oxygen atoms in total. The number of carbonyl (C=O) groups is 1. The summed E-state index contributed by atoms with van der Waals surface area (Å²) in [4.78, 5) is 12.2. The highest BCUT2D eigenvalue weighted by atomic mass is 32.2. The number of hydrogen-bond acceptors (Lipinski definition) is 8. The van der Waals surface area contributed by atoms with Gasteiger partial charge in [-0.05, 0) is 13.0 Å². The molecule has 0 aliphatic rings. The first-order valence-electron chi connectivity index (χ1n) is 7.75. The molecule has 0 aliphatic carbocycles. The summed E-state index contributed by atoms with van der Waals surface area (Å²) in [5.41, 5.74) is 0.948. The number of para-hydroxylation sites is 1. The number of methoxy groups -OCH3 is 2. The van der Waals surface area contributed by atoms with Crippen molar-refractivity contribution in [3.63, 3.8) is 0 Å². The van der Waals surface area contributed by atoms with Gasteiger partial charge in [0, 0.05) is 19.2 Å². The van der Waals surface area contributed by atoms with Gasteiger partial charge in [0.05, 0.1) is 25.5 Å². The number of hydrogen-bond donors (Lipinski definition) is 2. The zero-order chi connectivity index (χ0) is 18.1. The highest BCUT2D eigenvalue weighted by Crippen LogP contribution is 2.26. The molecule has 2 rings (SSSR count). The second-order valence-corrected chi connectivity index (χ2v) is 7.31. The van der Waals surface area contributed by atoms with E-state index in [1.807, 2.05) is 31.2 Å². The lowest BCUT2D eigenvalue weighted by Crippen LogP contribution is -2.28. The average molecular weight is 383 g/mol. The van der Waals surface area contributed by atoms with Crippen molar-refractivity contribution in [3.05, 3.63) is 29.8 Å². The summed E-state index contributed by atoms with van der Waals surface area (Å²) in [5, 5.41) is 14.9. The molecule has 25 heavy (non-hydrogen) atoms. The standard InChI is InChI=1S/C16H22N4O3S2/c1-11(12-6-4-5-7-13(12)23-3)18-14(21)10-24-16-20-19-15(25-16)17-8-9-22-2/h4-7,11H,8-10H2,1-3H3,(H,17,19)(H,18,21). The Labute approximate surface area is 155 Å². The van der Waals surface area contributed by atoms with Crippen LogP contribution >= 0.6 is 23.1 Å². The zero-order valence-electron chi connectivity index (χ0n) is 14.4. The van der Waals surface area contributed by atoms with Gasteiger partial charge < -0.3 is 20.1 Å². The van der Waals surface area contributed by atoms with Crippen molar-refractivity contribution in [2.45, 2.75) is 17.3 Å². The predicted octanol–water partition coefficient (Wildman–Crippen LogP) is 2.57. The lowest BCUT2D eigenvalue weighted by molar-refractivity contribution is -0.119. The summed E-state index contributed by atoms with van der Waals surface area (Å²) in [6.45, 7) is 3.21. The Bertz CT molecular complexity index is 681. The molecule has 1 unspecified atom stereocenters. The number of rotatable bonds is 10. The summed E-state index contributed by atoms with van der Waals surface area (Å²) in [7, 11) is 3.27. The first kappa shape index (κ1) is 19.5. The highest BCUT2D eigenvalue weighted by Gasteiger charge is 2.14. The minimum Gasteiger partial charge on any atom is -0.496 e. The molecule has 0 fully saturated rings. The Kier molecular flexibility index (Phi) is 7.96. The second kappa shape index (κ2) is 10.2. The molecular weight excluding hydrogens is 360 g/mol. The van der Waals surface area contributed by atoms with E-state index in [1.54, 1.807) is 14.2 Å². The number of nitrogens with zero attached hydrogens (tertiary/aromatic N) is 2. The van der Waals surface area contributed by atoms with Gasteiger partial charge in [-0.1, -0.05) is 41.3 Å². The van der Waals surface area contributed by atoms with Crippen LogP contribution in [-0.4, -0.2) is 49.2 Å². The molecule has 1 atom stereocenters. The van der Waals surface area contributed by atoms with Gasteiger partial charge in [-0.3, -0.25) is 4.79 Å². The molecule has 0 saturated heterocycles. The molecule has 0 spiro atoms. The number of ether oxygens (including phenoxy) is 2. The fourth-order valence-corrected chi connectivity index (χ4v) is 3.70. The van der Waals surface area contributed by atoms with Crippen LogP contribution in [-0.2, 0) is 9.53 Å². The molecule has 1 aromatic heterocycles. The van der Waals surface area contributed by atoms with E-state index in [2.05, 4.69) is 20.8 Å². The molecule has 2 N–H and O–H groups in total. The maximum absolute atomic E-state index is 12.2. The number of nitrogens with one attached hydrogen (secondary N) is 2. The molecule has 0 aliphatic heterocycles. The fraction of sp³-hybridized carbons (Fsp3) is 0.438. The SMILES string of the molecule is COCCNc1nnc(SCC(=O)NC(C)c2ccccc2OC)s1. The summed E-state index contributed by atoms with van der Waals surface area (Å²) in [5.74, 6) is 0.984. The highest BCUT2D eigenvalue weighted by molar-refractivity contribution is 8.01. The number of amides is 1. The van der Waals surface area contributed by atoms with E-state index in [1.165, 1.54) is 23.1 Å². The van der Waals surface area contributed by atoms with Gasteiger partial charge in [0.1, 0.15) is 5.75 Å². The van der Waals surface area contributed by atoms with Crippen LogP contribution in [0.15, 0.2) is 28.6 Å². The van der Waals surface area contributed by atoms with Crippen LogP contribution in [0.1, 0.15) is 18.5 Å². The summed E-state index contributed by atoms with van der Waals surface area (Å²) in [6, 6.07) is 7.52.